The second-order valence-electron chi connectivity index (χ2n) is 5.31. The minimum absolute atomic E-state index is 0.273. The van der Waals surface area contributed by atoms with Crippen molar-refractivity contribution in [1.29, 1.82) is 0 Å². The van der Waals surface area contributed by atoms with Gasteiger partial charge in [-0.15, -0.1) is 0 Å². The third-order valence-corrected chi connectivity index (χ3v) is 4.40. The molecule has 0 saturated carbocycles. The monoisotopic (exact) mass is 347 g/mol. The number of methoxy groups -OCH3 is 1. The summed E-state index contributed by atoms with van der Waals surface area (Å²) < 4.78 is 6.57. The average Bonchev–Trinajstić information content (AvgIpc) is 2.46. The van der Waals surface area contributed by atoms with E-state index in [9.17, 15) is 0 Å². The Morgan fingerprint density at radius 1 is 1.14 bits per heavy atom. The van der Waals surface area contributed by atoms with E-state index in [1.165, 1.54) is 22.3 Å². The minimum Gasteiger partial charge on any atom is -0.496 e. The van der Waals surface area contributed by atoms with Gasteiger partial charge in [-0.05, 0) is 67.8 Å². The fourth-order valence-electron chi connectivity index (χ4n) is 2.85. The number of nitrogens with one attached hydrogen (secondary N) is 1. The first-order valence-electron chi connectivity index (χ1n) is 7.12. The number of hydrogen-bond acceptors (Lipinski definition) is 2. The van der Waals surface area contributed by atoms with Crippen molar-refractivity contribution in [3.8, 4) is 5.75 Å². The van der Waals surface area contributed by atoms with Crippen LogP contribution in [0.4, 0.5) is 0 Å². The van der Waals surface area contributed by atoms with E-state index in [0.717, 1.165) is 16.6 Å². The first-order valence-corrected chi connectivity index (χ1v) is 7.92. The van der Waals surface area contributed by atoms with E-state index in [1.54, 1.807) is 7.11 Å². The Bertz CT molecular complexity index is 604. The molecule has 2 aromatic carbocycles. The van der Waals surface area contributed by atoms with Crippen LogP contribution in [-0.2, 0) is 6.42 Å². The Kier molecular flexibility index (Phi) is 5.43. The predicted octanol–water partition coefficient (Wildman–Crippen LogP) is 4.58. The molecule has 0 bridgehead atoms. The molecular weight excluding hydrogens is 326 g/mol. The zero-order valence-electron chi connectivity index (χ0n) is 13.0. The first kappa shape index (κ1) is 16.1. The lowest BCUT2D eigenvalue weighted by atomic mass is 9.91. The highest BCUT2D eigenvalue weighted by Crippen LogP contribution is 2.30. The van der Waals surface area contributed by atoms with E-state index in [-0.39, 0.29) is 6.04 Å². The fourth-order valence-corrected chi connectivity index (χ4v) is 3.26. The average molecular weight is 348 g/mol. The lowest BCUT2D eigenvalue weighted by Gasteiger charge is -2.22. The van der Waals surface area contributed by atoms with Crippen LogP contribution in [0.3, 0.4) is 0 Å². The molecule has 1 unspecified atom stereocenters. The Labute approximate surface area is 135 Å². The lowest BCUT2D eigenvalue weighted by molar-refractivity contribution is 0.406. The van der Waals surface area contributed by atoms with Gasteiger partial charge in [-0.3, -0.25) is 0 Å². The van der Waals surface area contributed by atoms with Crippen molar-refractivity contribution in [2.45, 2.75) is 26.3 Å². The van der Waals surface area contributed by atoms with Gasteiger partial charge in [-0.25, -0.2) is 0 Å². The van der Waals surface area contributed by atoms with E-state index in [4.69, 9.17) is 4.74 Å². The molecule has 0 spiro atoms. The van der Waals surface area contributed by atoms with Crippen LogP contribution in [0, 0.1) is 13.8 Å². The maximum absolute atomic E-state index is 5.49. The lowest BCUT2D eigenvalue weighted by Crippen LogP contribution is -2.21. The van der Waals surface area contributed by atoms with Crippen LogP contribution in [0.15, 0.2) is 40.9 Å². The predicted molar refractivity (Wildman–Crippen MR) is 92.1 cm³/mol. The topological polar surface area (TPSA) is 21.3 Å². The van der Waals surface area contributed by atoms with E-state index in [2.05, 4.69) is 59.4 Å². The SMILES string of the molecule is CNC(Cc1cc(Br)ccc1OC)c1c(C)cccc1C. The summed E-state index contributed by atoms with van der Waals surface area (Å²) in [7, 11) is 3.74. The van der Waals surface area contributed by atoms with Crippen molar-refractivity contribution in [1.82, 2.24) is 5.32 Å². The number of likely N-dealkylation sites (N-methyl/N-ethyl adjacent to an activating group) is 1. The van der Waals surface area contributed by atoms with E-state index >= 15 is 0 Å². The van der Waals surface area contributed by atoms with Gasteiger partial charge in [0.15, 0.2) is 0 Å². The number of halogens is 1. The molecular formula is C18H22BrNO. The molecule has 0 aliphatic heterocycles. The van der Waals surface area contributed by atoms with Crippen LogP contribution in [0.5, 0.6) is 5.75 Å². The summed E-state index contributed by atoms with van der Waals surface area (Å²) >= 11 is 3.55. The summed E-state index contributed by atoms with van der Waals surface area (Å²) in [6, 6.07) is 12.9. The van der Waals surface area contributed by atoms with Crippen LogP contribution >= 0.6 is 15.9 Å². The molecule has 0 heterocycles. The van der Waals surface area contributed by atoms with Crippen molar-refractivity contribution < 1.29 is 4.74 Å². The van der Waals surface area contributed by atoms with Gasteiger partial charge in [0.25, 0.3) is 0 Å². The number of aryl methyl sites for hydroxylation is 2. The zero-order valence-corrected chi connectivity index (χ0v) is 14.6. The standard InChI is InChI=1S/C18H22BrNO/c1-12-6-5-7-13(2)18(12)16(20-3)11-14-10-15(19)8-9-17(14)21-4/h5-10,16,20H,11H2,1-4H3. The molecule has 0 fully saturated rings. The van der Waals surface area contributed by atoms with Crippen molar-refractivity contribution in [3.05, 3.63) is 63.1 Å². The maximum Gasteiger partial charge on any atom is 0.122 e. The molecule has 2 nitrogen and oxygen atoms in total. The van der Waals surface area contributed by atoms with Gasteiger partial charge in [0.2, 0.25) is 0 Å². The summed E-state index contributed by atoms with van der Waals surface area (Å²) in [5.41, 5.74) is 5.22. The Morgan fingerprint density at radius 2 is 1.81 bits per heavy atom. The highest BCUT2D eigenvalue weighted by molar-refractivity contribution is 9.10. The highest BCUT2D eigenvalue weighted by Gasteiger charge is 2.17. The fraction of sp³-hybridized carbons (Fsp3) is 0.333. The number of hydrogen-bond donors (Lipinski definition) is 1. The van der Waals surface area contributed by atoms with Crippen LogP contribution in [-0.4, -0.2) is 14.2 Å². The molecule has 0 aromatic heterocycles. The molecule has 3 heteroatoms. The van der Waals surface area contributed by atoms with Gasteiger partial charge >= 0.3 is 0 Å². The van der Waals surface area contributed by atoms with Crippen molar-refractivity contribution in [2.75, 3.05) is 14.2 Å². The number of ether oxygens (including phenoxy) is 1. The molecule has 0 radical (unpaired) electrons. The third kappa shape index (κ3) is 3.66. The quantitative estimate of drug-likeness (QED) is 0.854. The van der Waals surface area contributed by atoms with Crippen molar-refractivity contribution in [3.63, 3.8) is 0 Å². The van der Waals surface area contributed by atoms with Crippen LogP contribution in [0.25, 0.3) is 0 Å². The number of rotatable bonds is 5. The minimum atomic E-state index is 0.273. The van der Waals surface area contributed by atoms with Gasteiger partial charge in [0, 0.05) is 10.5 Å². The smallest absolute Gasteiger partial charge is 0.122 e. The summed E-state index contributed by atoms with van der Waals surface area (Å²) in [4.78, 5) is 0. The maximum atomic E-state index is 5.49. The first-order chi connectivity index (χ1) is 10.1. The van der Waals surface area contributed by atoms with Crippen LogP contribution in [0.2, 0.25) is 0 Å². The van der Waals surface area contributed by atoms with Crippen molar-refractivity contribution >= 4 is 15.9 Å². The molecule has 0 saturated heterocycles. The van der Waals surface area contributed by atoms with E-state index < -0.39 is 0 Å². The third-order valence-electron chi connectivity index (χ3n) is 3.91. The largest absolute Gasteiger partial charge is 0.496 e. The molecule has 112 valence electrons. The second-order valence-corrected chi connectivity index (χ2v) is 6.22. The molecule has 0 amide bonds. The second kappa shape index (κ2) is 7.10. The van der Waals surface area contributed by atoms with Crippen molar-refractivity contribution in [2.24, 2.45) is 0 Å². The molecule has 2 aromatic rings. The molecule has 1 N–H and O–H groups in total. The molecule has 1 atom stereocenters. The summed E-state index contributed by atoms with van der Waals surface area (Å²) in [5.74, 6) is 0.935. The van der Waals surface area contributed by atoms with Crippen LogP contribution < -0.4 is 10.1 Å². The molecule has 2 rings (SSSR count). The summed E-state index contributed by atoms with van der Waals surface area (Å²) in [5, 5.41) is 3.45. The normalized spacial score (nSPS) is 12.2. The van der Waals surface area contributed by atoms with Gasteiger partial charge in [-0.1, -0.05) is 34.1 Å². The highest BCUT2D eigenvalue weighted by atomic mass is 79.9. The van der Waals surface area contributed by atoms with Crippen LogP contribution in [0.1, 0.15) is 28.3 Å². The van der Waals surface area contributed by atoms with Gasteiger partial charge in [0.1, 0.15) is 5.75 Å². The Morgan fingerprint density at radius 3 is 2.38 bits per heavy atom. The zero-order chi connectivity index (χ0) is 15.4. The Balaban J connectivity index is 2.38. The van der Waals surface area contributed by atoms with E-state index in [1.807, 2.05) is 19.2 Å². The summed E-state index contributed by atoms with van der Waals surface area (Å²) in [6.07, 6.45) is 0.894. The van der Waals surface area contributed by atoms with Gasteiger partial charge in [0.05, 0.1) is 7.11 Å². The van der Waals surface area contributed by atoms with Gasteiger partial charge < -0.3 is 10.1 Å². The number of benzene rings is 2. The Hall–Kier alpha value is -1.32. The van der Waals surface area contributed by atoms with Gasteiger partial charge in [-0.2, -0.15) is 0 Å². The molecule has 21 heavy (non-hydrogen) atoms. The molecule has 0 aliphatic rings. The summed E-state index contributed by atoms with van der Waals surface area (Å²) in [6.45, 7) is 4.34. The van der Waals surface area contributed by atoms with E-state index in [0.29, 0.717) is 0 Å². The molecule has 0 aliphatic carbocycles.